The topological polar surface area (TPSA) is 59.4 Å². The molecule has 1 aromatic carbocycles. The normalized spacial score (nSPS) is 11.0. The summed E-state index contributed by atoms with van der Waals surface area (Å²) in [5, 5.41) is 12.5. The fourth-order valence-corrected chi connectivity index (χ4v) is 3.78. The number of rotatable bonds is 3. The van der Waals surface area contributed by atoms with Gasteiger partial charge in [0, 0.05) is 4.47 Å². The summed E-state index contributed by atoms with van der Waals surface area (Å²) in [4.78, 5) is 0.860. The van der Waals surface area contributed by atoms with Gasteiger partial charge >= 0.3 is 0 Å². The Kier molecular flexibility index (Phi) is 3.78. The molecule has 2 heterocycles. The van der Waals surface area contributed by atoms with Crippen LogP contribution in [0.15, 0.2) is 44.6 Å². The van der Waals surface area contributed by atoms with Crippen molar-refractivity contribution in [1.29, 1.82) is 0 Å². The fraction of sp³-hybridized carbons (Fsp3) is 0.125. The highest BCUT2D eigenvalue weighted by molar-refractivity contribution is 9.10. The third-order valence-corrected chi connectivity index (χ3v) is 5.01. The van der Waals surface area contributed by atoms with Gasteiger partial charge in [0.2, 0.25) is 5.88 Å². The third kappa shape index (κ3) is 2.36. The molecule has 0 amide bonds. The van der Waals surface area contributed by atoms with E-state index in [1.54, 1.807) is 0 Å². The maximum atomic E-state index is 10.6. The lowest BCUT2D eigenvalue weighted by atomic mass is 9.98. The van der Waals surface area contributed by atoms with Crippen molar-refractivity contribution in [2.75, 3.05) is 5.73 Å². The summed E-state index contributed by atoms with van der Waals surface area (Å²) in [5.74, 6) is 0.769. The summed E-state index contributed by atoms with van der Waals surface area (Å²) in [7, 11) is 0. The summed E-state index contributed by atoms with van der Waals surface area (Å²) in [6.45, 7) is 2.07. The van der Waals surface area contributed by atoms with Crippen LogP contribution in [0.1, 0.15) is 12.5 Å². The quantitative estimate of drug-likeness (QED) is 0.664. The molecule has 3 rings (SSSR count). The number of thiophene rings is 1. The van der Waals surface area contributed by atoms with E-state index in [1.165, 1.54) is 11.3 Å². The average molecular weight is 364 g/mol. The van der Waals surface area contributed by atoms with E-state index in [1.807, 2.05) is 35.7 Å². The van der Waals surface area contributed by atoms with Crippen LogP contribution < -0.4 is 5.73 Å². The lowest BCUT2D eigenvalue weighted by Gasteiger charge is -2.09. The first kappa shape index (κ1) is 14.2. The van der Waals surface area contributed by atoms with E-state index in [-0.39, 0.29) is 11.6 Å². The van der Waals surface area contributed by atoms with Gasteiger partial charge in [-0.15, -0.1) is 11.3 Å². The summed E-state index contributed by atoms with van der Waals surface area (Å²) in [6, 6.07) is 9.66. The molecule has 21 heavy (non-hydrogen) atoms. The molecular weight excluding hydrogens is 350 g/mol. The van der Waals surface area contributed by atoms with Gasteiger partial charge in [-0.25, -0.2) is 0 Å². The van der Waals surface area contributed by atoms with Gasteiger partial charge < -0.3 is 15.3 Å². The number of halogens is 1. The number of nitrogens with two attached hydrogens (primary N) is 1. The first-order chi connectivity index (χ1) is 10.1. The molecule has 0 aliphatic carbocycles. The summed E-state index contributed by atoms with van der Waals surface area (Å²) >= 11 is 5.05. The average Bonchev–Trinajstić information content (AvgIpc) is 3.07. The van der Waals surface area contributed by atoms with Gasteiger partial charge in [-0.3, -0.25) is 0 Å². The second-order valence-corrected chi connectivity index (χ2v) is 6.42. The second-order valence-electron chi connectivity index (χ2n) is 4.62. The molecule has 0 saturated heterocycles. The Morgan fingerprint density at radius 2 is 2.10 bits per heavy atom. The Morgan fingerprint density at radius 3 is 2.76 bits per heavy atom. The number of aromatic hydroxyl groups is 1. The zero-order valence-electron chi connectivity index (χ0n) is 11.4. The van der Waals surface area contributed by atoms with Crippen molar-refractivity contribution in [3.63, 3.8) is 0 Å². The van der Waals surface area contributed by atoms with Gasteiger partial charge in [0.1, 0.15) is 0 Å². The van der Waals surface area contributed by atoms with Crippen LogP contribution in [0.25, 0.3) is 21.8 Å². The molecule has 0 spiro atoms. The molecule has 5 heteroatoms. The monoisotopic (exact) mass is 363 g/mol. The molecule has 3 N–H and O–H groups in total. The van der Waals surface area contributed by atoms with E-state index in [0.29, 0.717) is 11.3 Å². The Labute approximate surface area is 135 Å². The van der Waals surface area contributed by atoms with Gasteiger partial charge in [0.15, 0.2) is 11.5 Å². The first-order valence-corrected chi connectivity index (χ1v) is 8.23. The second kappa shape index (κ2) is 5.58. The number of hydrogen-bond acceptors (Lipinski definition) is 4. The molecule has 0 atom stereocenters. The van der Waals surface area contributed by atoms with Crippen LogP contribution in [0, 0.1) is 0 Å². The Balaban J connectivity index is 2.23. The van der Waals surface area contributed by atoms with Gasteiger partial charge in [0.05, 0.1) is 10.4 Å². The molecule has 0 unspecified atom stereocenters. The zero-order chi connectivity index (χ0) is 15.0. The number of nitrogen functional groups attached to an aromatic ring is 1. The summed E-state index contributed by atoms with van der Waals surface area (Å²) < 4.78 is 6.61. The molecule has 0 radical (unpaired) electrons. The third-order valence-electron chi connectivity index (χ3n) is 3.40. The molecule has 3 aromatic rings. The van der Waals surface area contributed by atoms with E-state index in [2.05, 4.69) is 22.9 Å². The van der Waals surface area contributed by atoms with E-state index >= 15 is 0 Å². The molecular formula is C16H14BrNO2S. The van der Waals surface area contributed by atoms with Crippen molar-refractivity contribution in [1.82, 2.24) is 0 Å². The van der Waals surface area contributed by atoms with E-state index in [9.17, 15) is 5.11 Å². The summed E-state index contributed by atoms with van der Waals surface area (Å²) in [5.41, 5.74) is 8.57. The molecule has 108 valence electrons. The Morgan fingerprint density at radius 1 is 1.29 bits per heavy atom. The smallest absolute Gasteiger partial charge is 0.202 e. The van der Waals surface area contributed by atoms with Crippen LogP contribution in [0.5, 0.6) is 5.75 Å². The maximum Gasteiger partial charge on any atom is 0.202 e. The van der Waals surface area contributed by atoms with Crippen LogP contribution in [0.2, 0.25) is 0 Å². The van der Waals surface area contributed by atoms with Crippen molar-refractivity contribution >= 4 is 33.2 Å². The predicted octanol–water partition coefficient (Wildman–Crippen LogP) is 5.29. The molecule has 0 aliphatic rings. The van der Waals surface area contributed by atoms with Crippen molar-refractivity contribution in [2.24, 2.45) is 0 Å². The lowest BCUT2D eigenvalue weighted by molar-refractivity contribution is 0.467. The van der Waals surface area contributed by atoms with Gasteiger partial charge in [0.25, 0.3) is 0 Å². The molecule has 0 aliphatic heterocycles. The minimum atomic E-state index is 0.0998. The van der Waals surface area contributed by atoms with Crippen LogP contribution >= 0.6 is 27.3 Å². The Hall–Kier alpha value is -1.72. The highest BCUT2D eigenvalue weighted by Crippen LogP contribution is 2.47. The Bertz CT molecular complexity index is 778. The molecule has 0 bridgehead atoms. The maximum absolute atomic E-state index is 10.6. The van der Waals surface area contributed by atoms with Crippen LogP contribution in [-0.2, 0) is 6.42 Å². The highest BCUT2D eigenvalue weighted by Gasteiger charge is 2.23. The van der Waals surface area contributed by atoms with E-state index < -0.39 is 0 Å². The van der Waals surface area contributed by atoms with Gasteiger partial charge in [-0.05, 0) is 35.1 Å². The van der Waals surface area contributed by atoms with Crippen LogP contribution in [0.4, 0.5) is 5.88 Å². The fourth-order valence-electron chi connectivity index (χ4n) is 2.43. The lowest BCUT2D eigenvalue weighted by Crippen LogP contribution is -1.91. The largest absolute Gasteiger partial charge is 0.504 e. The highest BCUT2D eigenvalue weighted by atomic mass is 79.9. The minimum absolute atomic E-state index is 0.0998. The van der Waals surface area contributed by atoms with Crippen molar-refractivity contribution in [3.8, 4) is 27.5 Å². The SMILES string of the molecule is CCc1c(Br)cccc1-c1c(N)oc(-c2cccs2)c1O. The van der Waals surface area contributed by atoms with Crippen molar-refractivity contribution in [3.05, 3.63) is 45.7 Å². The molecule has 2 aromatic heterocycles. The molecule has 0 fully saturated rings. The number of hydrogen-bond donors (Lipinski definition) is 2. The van der Waals surface area contributed by atoms with Crippen LogP contribution in [0.3, 0.4) is 0 Å². The van der Waals surface area contributed by atoms with Crippen molar-refractivity contribution < 1.29 is 9.52 Å². The zero-order valence-corrected chi connectivity index (χ0v) is 13.8. The standard InChI is InChI=1S/C16H14BrNO2S/c1-2-9-10(5-3-6-11(9)17)13-14(19)15(20-16(13)18)12-7-4-8-21-12/h3-8,19H,2,18H2,1H3. The van der Waals surface area contributed by atoms with Gasteiger partial charge in [-0.1, -0.05) is 41.1 Å². The molecule has 3 nitrogen and oxygen atoms in total. The number of furan rings is 1. The van der Waals surface area contributed by atoms with Crippen LogP contribution in [-0.4, -0.2) is 5.11 Å². The predicted molar refractivity (Wildman–Crippen MR) is 90.6 cm³/mol. The van der Waals surface area contributed by atoms with E-state index in [0.717, 1.165) is 26.9 Å². The minimum Gasteiger partial charge on any atom is -0.504 e. The molecule has 0 saturated carbocycles. The van der Waals surface area contributed by atoms with Crippen molar-refractivity contribution in [2.45, 2.75) is 13.3 Å². The van der Waals surface area contributed by atoms with E-state index in [4.69, 9.17) is 10.2 Å². The van der Waals surface area contributed by atoms with Gasteiger partial charge in [-0.2, -0.15) is 0 Å². The first-order valence-electron chi connectivity index (χ1n) is 6.56. The number of anilines is 1. The number of benzene rings is 1. The summed E-state index contributed by atoms with van der Waals surface area (Å²) in [6.07, 6.45) is 0.829.